The molecule has 0 aliphatic heterocycles. The number of nitrogens with zero attached hydrogens (tertiary/aromatic N) is 1. The zero-order valence-electron chi connectivity index (χ0n) is 10.3. The molecule has 0 fully saturated rings. The number of carbonyl (C=O) groups excluding carboxylic acids is 1. The van der Waals surface area contributed by atoms with Crippen molar-refractivity contribution in [2.75, 3.05) is 6.54 Å². The largest absolute Gasteiger partial charge is 0.351 e. The number of fused-ring (bicyclic) bond motifs is 1. The Morgan fingerprint density at radius 2 is 2.16 bits per heavy atom. The molecule has 19 heavy (non-hydrogen) atoms. The van der Waals surface area contributed by atoms with Crippen molar-refractivity contribution < 1.29 is 4.79 Å². The predicted octanol–water partition coefficient (Wildman–Crippen LogP) is 2.80. The Labute approximate surface area is 116 Å². The van der Waals surface area contributed by atoms with Crippen LogP contribution in [-0.2, 0) is 6.42 Å². The van der Waals surface area contributed by atoms with E-state index in [2.05, 4.69) is 22.4 Å². The molecule has 3 rings (SSSR count). The Morgan fingerprint density at radius 1 is 1.32 bits per heavy atom. The molecule has 1 aliphatic rings. The number of halogens is 1. The van der Waals surface area contributed by atoms with Crippen LogP contribution in [0.25, 0.3) is 0 Å². The average Bonchev–Trinajstić information content (AvgIpc) is 2.40. The van der Waals surface area contributed by atoms with Crippen molar-refractivity contribution in [2.24, 2.45) is 0 Å². The first-order chi connectivity index (χ1) is 9.24. The van der Waals surface area contributed by atoms with Gasteiger partial charge in [-0.25, -0.2) is 4.98 Å². The van der Waals surface area contributed by atoms with Gasteiger partial charge < -0.3 is 5.32 Å². The Balaban J connectivity index is 1.59. The van der Waals surface area contributed by atoms with Gasteiger partial charge in [0, 0.05) is 18.7 Å². The standard InChI is InChI=1S/C15H13ClN2O/c16-14-6-5-11(8-17-14)15(19)18-9-12-7-10-3-1-2-4-13(10)12/h1-6,8,12H,7,9H2,(H,18,19). The van der Waals surface area contributed by atoms with Crippen LogP contribution < -0.4 is 5.32 Å². The monoisotopic (exact) mass is 272 g/mol. The van der Waals surface area contributed by atoms with Crippen LogP contribution in [-0.4, -0.2) is 17.4 Å². The Morgan fingerprint density at radius 3 is 2.89 bits per heavy atom. The Hall–Kier alpha value is -1.87. The smallest absolute Gasteiger partial charge is 0.252 e. The summed E-state index contributed by atoms with van der Waals surface area (Å²) in [5.41, 5.74) is 3.27. The van der Waals surface area contributed by atoms with Crippen LogP contribution in [0.2, 0.25) is 5.15 Å². The van der Waals surface area contributed by atoms with Crippen molar-refractivity contribution >= 4 is 17.5 Å². The first kappa shape index (κ1) is 12.2. The van der Waals surface area contributed by atoms with Crippen molar-refractivity contribution in [3.8, 4) is 0 Å². The Kier molecular flexibility index (Phi) is 3.22. The highest BCUT2D eigenvalue weighted by atomic mass is 35.5. The van der Waals surface area contributed by atoms with Gasteiger partial charge >= 0.3 is 0 Å². The maximum absolute atomic E-state index is 11.9. The van der Waals surface area contributed by atoms with Gasteiger partial charge in [0.05, 0.1) is 5.56 Å². The van der Waals surface area contributed by atoms with Gasteiger partial charge in [0.15, 0.2) is 0 Å². The lowest BCUT2D eigenvalue weighted by atomic mass is 9.77. The molecule has 1 unspecified atom stereocenters. The van der Waals surface area contributed by atoms with Crippen LogP contribution in [0.5, 0.6) is 0 Å². The van der Waals surface area contributed by atoms with Crippen LogP contribution in [0.3, 0.4) is 0 Å². The van der Waals surface area contributed by atoms with Gasteiger partial charge in [0.2, 0.25) is 0 Å². The number of benzene rings is 1. The van der Waals surface area contributed by atoms with E-state index >= 15 is 0 Å². The number of carbonyl (C=O) groups is 1. The highest BCUT2D eigenvalue weighted by Gasteiger charge is 2.25. The lowest BCUT2D eigenvalue weighted by Gasteiger charge is -2.30. The molecule has 0 radical (unpaired) electrons. The summed E-state index contributed by atoms with van der Waals surface area (Å²) in [6.07, 6.45) is 2.53. The van der Waals surface area contributed by atoms with E-state index in [1.54, 1.807) is 12.1 Å². The second-order valence-electron chi connectivity index (χ2n) is 4.68. The molecule has 1 heterocycles. The van der Waals surface area contributed by atoms with E-state index in [0.717, 1.165) is 6.42 Å². The number of pyridine rings is 1. The molecular weight excluding hydrogens is 260 g/mol. The zero-order chi connectivity index (χ0) is 13.2. The molecule has 2 aromatic rings. The van der Waals surface area contributed by atoms with E-state index in [1.807, 2.05) is 12.1 Å². The van der Waals surface area contributed by atoms with E-state index in [9.17, 15) is 4.79 Å². The number of amides is 1. The second-order valence-corrected chi connectivity index (χ2v) is 5.07. The molecule has 1 amide bonds. The molecule has 1 N–H and O–H groups in total. The molecule has 0 saturated carbocycles. The third kappa shape index (κ3) is 2.47. The maximum Gasteiger partial charge on any atom is 0.252 e. The van der Waals surface area contributed by atoms with E-state index < -0.39 is 0 Å². The summed E-state index contributed by atoms with van der Waals surface area (Å²) in [5, 5.41) is 3.33. The molecule has 1 atom stereocenters. The van der Waals surface area contributed by atoms with Crippen molar-refractivity contribution in [2.45, 2.75) is 12.3 Å². The summed E-state index contributed by atoms with van der Waals surface area (Å²) in [5.74, 6) is 0.328. The summed E-state index contributed by atoms with van der Waals surface area (Å²) in [6.45, 7) is 0.665. The lowest BCUT2D eigenvalue weighted by molar-refractivity contribution is 0.0949. The molecule has 3 nitrogen and oxygen atoms in total. The maximum atomic E-state index is 11.9. The van der Waals surface area contributed by atoms with Crippen molar-refractivity contribution in [3.05, 3.63) is 64.4 Å². The minimum atomic E-state index is -0.103. The molecule has 0 spiro atoms. The summed E-state index contributed by atoms with van der Waals surface area (Å²) in [4.78, 5) is 15.8. The van der Waals surface area contributed by atoms with Gasteiger partial charge in [-0.05, 0) is 29.7 Å². The van der Waals surface area contributed by atoms with Gasteiger partial charge in [-0.2, -0.15) is 0 Å². The van der Waals surface area contributed by atoms with Crippen molar-refractivity contribution in [3.63, 3.8) is 0 Å². The van der Waals surface area contributed by atoms with Crippen LogP contribution in [0.4, 0.5) is 0 Å². The molecule has 1 aliphatic carbocycles. The van der Waals surface area contributed by atoms with Crippen LogP contribution >= 0.6 is 11.6 Å². The van der Waals surface area contributed by atoms with E-state index in [0.29, 0.717) is 23.2 Å². The van der Waals surface area contributed by atoms with Gasteiger partial charge in [-0.1, -0.05) is 35.9 Å². The third-order valence-corrected chi connectivity index (χ3v) is 3.68. The summed E-state index contributed by atoms with van der Waals surface area (Å²) in [6, 6.07) is 11.6. The summed E-state index contributed by atoms with van der Waals surface area (Å²) >= 11 is 5.69. The van der Waals surface area contributed by atoms with E-state index in [-0.39, 0.29) is 5.91 Å². The summed E-state index contributed by atoms with van der Waals surface area (Å²) < 4.78 is 0. The zero-order valence-corrected chi connectivity index (χ0v) is 11.0. The van der Waals surface area contributed by atoms with Gasteiger partial charge in [0.1, 0.15) is 5.15 Å². The molecule has 1 aromatic carbocycles. The van der Waals surface area contributed by atoms with Crippen LogP contribution in [0, 0.1) is 0 Å². The van der Waals surface area contributed by atoms with Gasteiger partial charge in [0.25, 0.3) is 5.91 Å². The normalized spacial score (nSPS) is 16.4. The van der Waals surface area contributed by atoms with Crippen molar-refractivity contribution in [1.82, 2.24) is 10.3 Å². The number of nitrogens with one attached hydrogen (secondary N) is 1. The highest BCUT2D eigenvalue weighted by Crippen LogP contribution is 2.33. The van der Waals surface area contributed by atoms with Crippen LogP contribution in [0.1, 0.15) is 27.4 Å². The molecule has 4 heteroatoms. The predicted molar refractivity (Wildman–Crippen MR) is 74.5 cm³/mol. The SMILES string of the molecule is O=C(NCC1Cc2ccccc21)c1ccc(Cl)nc1. The fourth-order valence-corrected chi connectivity index (χ4v) is 2.48. The fourth-order valence-electron chi connectivity index (χ4n) is 2.37. The number of aromatic nitrogens is 1. The quantitative estimate of drug-likeness (QED) is 0.873. The number of hydrogen-bond acceptors (Lipinski definition) is 2. The highest BCUT2D eigenvalue weighted by molar-refractivity contribution is 6.29. The molecule has 0 saturated heterocycles. The number of rotatable bonds is 3. The average molecular weight is 273 g/mol. The molecular formula is C15H13ClN2O. The minimum absolute atomic E-state index is 0.103. The minimum Gasteiger partial charge on any atom is -0.351 e. The van der Waals surface area contributed by atoms with E-state index in [4.69, 9.17) is 11.6 Å². The second kappa shape index (κ2) is 5.02. The van der Waals surface area contributed by atoms with Crippen LogP contribution in [0.15, 0.2) is 42.6 Å². The first-order valence-electron chi connectivity index (χ1n) is 6.21. The van der Waals surface area contributed by atoms with Gasteiger partial charge in [-0.3, -0.25) is 4.79 Å². The lowest BCUT2D eigenvalue weighted by Crippen LogP contribution is -2.33. The Bertz CT molecular complexity index is 610. The number of hydrogen-bond donors (Lipinski definition) is 1. The molecule has 1 aromatic heterocycles. The molecule has 0 bridgehead atoms. The van der Waals surface area contributed by atoms with Crippen molar-refractivity contribution in [1.29, 1.82) is 0 Å². The fraction of sp³-hybridized carbons (Fsp3) is 0.200. The molecule has 96 valence electrons. The van der Waals surface area contributed by atoms with E-state index in [1.165, 1.54) is 17.3 Å². The first-order valence-corrected chi connectivity index (χ1v) is 6.59. The third-order valence-electron chi connectivity index (χ3n) is 3.46. The topological polar surface area (TPSA) is 42.0 Å². The van der Waals surface area contributed by atoms with Gasteiger partial charge in [-0.15, -0.1) is 0 Å². The summed E-state index contributed by atoms with van der Waals surface area (Å²) in [7, 11) is 0.